The molecule has 0 aliphatic carbocycles. The summed E-state index contributed by atoms with van der Waals surface area (Å²) in [5, 5.41) is 14.2. The number of amidine groups is 1. The van der Waals surface area contributed by atoms with Crippen molar-refractivity contribution in [2.45, 2.75) is 32.2 Å². The zero-order valence-corrected chi connectivity index (χ0v) is 10.8. The van der Waals surface area contributed by atoms with Gasteiger partial charge in [-0.05, 0) is 24.1 Å². The number of nitrogens with zero attached hydrogens (tertiary/aromatic N) is 1. The molecule has 1 aromatic carbocycles. The van der Waals surface area contributed by atoms with Crippen molar-refractivity contribution in [1.29, 1.82) is 0 Å². The molecule has 0 aliphatic rings. The molecule has 1 unspecified atom stereocenters. The van der Waals surface area contributed by atoms with Gasteiger partial charge in [0.1, 0.15) is 5.82 Å². The van der Waals surface area contributed by atoms with Gasteiger partial charge in [-0.2, -0.15) is 0 Å². The minimum Gasteiger partial charge on any atom is -0.409 e. The van der Waals surface area contributed by atoms with Crippen LogP contribution in [-0.2, 0) is 11.2 Å². The Morgan fingerprint density at radius 1 is 1.58 bits per heavy atom. The van der Waals surface area contributed by atoms with E-state index in [-0.39, 0.29) is 24.0 Å². The highest BCUT2D eigenvalue weighted by Crippen LogP contribution is 2.05. The van der Waals surface area contributed by atoms with E-state index in [0.717, 1.165) is 6.42 Å². The first-order chi connectivity index (χ1) is 9.06. The second-order valence-corrected chi connectivity index (χ2v) is 4.24. The van der Waals surface area contributed by atoms with E-state index in [9.17, 15) is 9.18 Å². The Hall–Kier alpha value is -2.11. The lowest BCUT2D eigenvalue weighted by Gasteiger charge is -2.16. The summed E-state index contributed by atoms with van der Waals surface area (Å²) in [6.45, 7) is 1.93. The molecule has 0 heterocycles. The first kappa shape index (κ1) is 14.9. The number of carbonyl (C=O) groups is 1. The molecule has 0 spiro atoms. The zero-order valence-electron chi connectivity index (χ0n) is 10.8. The highest BCUT2D eigenvalue weighted by atomic mass is 19.1. The third-order valence-electron chi connectivity index (χ3n) is 2.64. The van der Waals surface area contributed by atoms with E-state index in [1.165, 1.54) is 12.1 Å². The number of carbonyl (C=O) groups excluding carboxylic acids is 1. The van der Waals surface area contributed by atoms with Gasteiger partial charge in [-0.15, -0.1) is 0 Å². The van der Waals surface area contributed by atoms with Gasteiger partial charge in [-0.1, -0.05) is 30.6 Å². The first-order valence-electron chi connectivity index (χ1n) is 6.08. The maximum Gasteiger partial charge on any atom is 0.225 e. The highest BCUT2D eigenvalue weighted by molar-refractivity contribution is 5.90. The van der Waals surface area contributed by atoms with Crippen LogP contribution in [0.15, 0.2) is 29.4 Å². The lowest BCUT2D eigenvalue weighted by atomic mass is 10.1. The Kier molecular flexibility index (Phi) is 5.78. The summed E-state index contributed by atoms with van der Waals surface area (Å²) < 4.78 is 13.0. The van der Waals surface area contributed by atoms with Crippen molar-refractivity contribution in [3.05, 3.63) is 35.6 Å². The number of nitrogens with one attached hydrogen (secondary N) is 1. The quantitative estimate of drug-likeness (QED) is 0.315. The van der Waals surface area contributed by atoms with E-state index in [4.69, 9.17) is 10.9 Å². The molecule has 1 atom stereocenters. The Bertz CT molecular complexity index is 463. The van der Waals surface area contributed by atoms with Crippen LogP contribution in [0.3, 0.4) is 0 Å². The summed E-state index contributed by atoms with van der Waals surface area (Å²) in [7, 11) is 0. The number of hydrogen-bond acceptors (Lipinski definition) is 3. The molecule has 0 saturated carbocycles. The molecule has 0 aromatic heterocycles. The fourth-order valence-corrected chi connectivity index (χ4v) is 1.73. The molecule has 1 rings (SSSR count). The summed E-state index contributed by atoms with van der Waals surface area (Å²) in [6, 6.07) is 5.33. The molecule has 4 N–H and O–H groups in total. The van der Waals surface area contributed by atoms with Crippen molar-refractivity contribution in [3.8, 4) is 0 Å². The van der Waals surface area contributed by atoms with Crippen molar-refractivity contribution in [3.63, 3.8) is 0 Å². The molecule has 0 bridgehead atoms. The molecule has 0 aliphatic heterocycles. The van der Waals surface area contributed by atoms with Crippen molar-refractivity contribution >= 4 is 11.7 Å². The van der Waals surface area contributed by atoms with Gasteiger partial charge in [0.2, 0.25) is 5.91 Å². The summed E-state index contributed by atoms with van der Waals surface area (Å²) in [5.74, 6) is -0.711. The zero-order chi connectivity index (χ0) is 14.3. The van der Waals surface area contributed by atoms with Gasteiger partial charge in [0.25, 0.3) is 0 Å². The number of halogens is 1. The third kappa shape index (κ3) is 4.95. The number of rotatable bonds is 6. The topological polar surface area (TPSA) is 87.7 Å². The minimum atomic E-state index is -0.504. The van der Waals surface area contributed by atoms with Crippen molar-refractivity contribution < 1.29 is 14.4 Å². The van der Waals surface area contributed by atoms with Gasteiger partial charge >= 0.3 is 0 Å². The maximum absolute atomic E-state index is 13.0. The van der Waals surface area contributed by atoms with E-state index in [1.807, 2.05) is 6.92 Å². The van der Waals surface area contributed by atoms with Gasteiger partial charge in [-0.3, -0.25) is 4.79 Å². The van der Waals surface area contributed by atoms with E-state index >= 15 is 0 Å². The van der Waals surface area contributed by atoms with Crippen LogP contribution in [0.5, 0.6) is 0 Å². The first-order valence-corrected chi connectivity index (χ1v) is 6.08. The predicted octanol–water partition coefficient (Wildman–Crippen LogP) is 1.40. The smallest absolute Gasteiger partial charge is 0.225 e. The van der Waals surface area contributed by atoms with E-state index in [1.54, 1.807) is 12.1 Å². The fourth-order valence-electron chi connectivity index (χ4n) is 1.73. The molecular weight excluding hydrogens is 249 g/mol. The molecule has 0 fully saturated rings. The average molecular weight is 267 g/mol. The number of benzene rings is 1. The van der Waals surface area contributed by atoms with Crippen LogP contribution in [0, 0.1) is 5.82 Å². The molecule has 6 heteroatoms. The largest absolute Gasteiger partial charge is 0.409 e. The Balaban J connectivity index is 2.62. The number of nitrogens with two attached hydrogens (primary N) is 1. The van der Waals surface area contributed by atoms with Gasteiger partial charge < -0.3 is 16.3 Å². The lowest BCUT2D eigenvalue weighted by molar-refractivity contribution is -0.120. The van der Waals surface area contributed by atoms with Crippen molar-refractivity contribution in [2.24, 2.45) is 10.9 Å². The van der Waals surface area contributed by atoms with Crippen molar-refractivity contribution in [1.82, 2.24) is 5.32 Å². The maximum atomic E-state index is 13.0. The van der Waals surface area contributed by atoms with E-state index in [0.29, 0.717) is 12.0 Å². The Morgan fingerprint density at radius 2 is 2.32 bits per heavy atom. The number of oxime groups is 1. The normalized spacial score (nSPS) is 13.1. The molecule has 1 amide bonds. The third-order valence-corrected chi connectivity index (χ3v) is 2.64. The van der Waals surface area contributed by atoms with Gasteiger partial charge in [0.05, 0.1) is 12.5 Å². The number of amides is 1. The van der Waals surface area contributed by atoms with Gasteiger partial charge in [-0.25, -0.2) is 4.39 Å². The second-order valence-electron chi connectivity index (χ2n) is 4.24. The highest BCUT2D eigenvalue weighted by Gasteiger charge is 2.16. The molecule has 1 aromatic rings. The lowest BCUT2D eigenvalue weighted by Crippen LogP contribution is -2.45. The molecule has 19 heavy (non-hydrogen) atoms. The predicted molar refractivity (Wildman–Crippen MR) is 70.4 cm³/mol. The number of hydrogen-bond donors (Lipinski definition) is 3. The van der Waals surface area contributed by atoms with Crippen LogP contribution >= 0.6 is 0 Å². The summed E-state index contributed by atoms with van der Waals surface area (Å²) in [4.78, 5) is 11.8. The molecule has 104 valence electrons. The van der Waals surface area contributed by atoms with Crippen LogP contribution in [0.25, 0.3) is 0 Å². The second kappa shape index (κ2) is 7.35. The minimum absolute atomic E-state index is 0.0329. The van der Waals surface area contributed by atoms with E-state index < -0.39 is 6.04 Å². The van der Waals surface area contributed by atoms with Crippen LogP contribution < -0.4 is 11.1 Å². The van der Waals surface area contributed by atoms with Crippen LogP contribution in [0.1, 0.15) is 25.3 Å². The molecule has 0 radical (unpaired) electrons. The fraction of sp³-hybridized carbons (Fsp3) is 0.385. The molecule has 5 nitrogen and oxygen atoms in total. The van der Waals surface area contributed by atoms with Crippen LogP contribution in [0.2, 0.25) is 0 Å². The Labute approximate surface area is 111 Å². The average Bonchev–Trinajstić information content (AvgIpc) is 2.37. The molecule has 0 saturated heterocycles. The monoisotopic (exact) mass is 267 g/mol. The van der Waals surface area contributed by atoms with Crippen molar-refractivity contribution in [2.75, 3.05) is 0 Å². The Morgan fingerprint density at radius 3 is 2.89 bits per heavy atom. The summed E-state index contributed by atoms with van der Waals surface area (Å²) >= 11 is 0. The standard InChI is InChI=1S/C13H18FN3O2/c1-2-4-11(13(15)17-19)16-12(18)8-9-5-3-6-10(14)7-9/h3,5-7,11,19H,2,4,8H2,1H3,(H2,15,17)(H,16,18). The van der Waals surface area contributed by atoms with Gasteiger partial charge in [0, 0.05) is 0 Å². The SMILES string of the molecule is CCCC(NC(=O)Cc1cccc(F)c1)/C(N)=N/O. The summed E-state index contributed by atoms with van der Waals surface area (Å²) in [6.07, 6.45) is 1.41. The van der Waals surface area contributed by atoms with Crippen LogP contribution in [-0.4, -0.2) is 23.0 Å². The molecular formula is C13H18FN3O2. The van der Waals surface area contributed by atoms with Crippen LogP contribution in [0.4, 0.5) is 4.39 Å². The van der Waals surface area contributed by atoms with E-state index in [2.05, 4.69) is 10.5 Å². The summed E-state index contributed by atoms with van der Waals surface area (Å²) in [5.41, 5.74) is 6.07. The van der Waals surface area contributed by atoms with Gasteiger partial charge in [0.15, 0.2) is 5.84 Å².